The molecular weight excluding hydrogens is 565 g/mol. The molecule has 0 radical (unpaired) electrons. The zero-order valence-electron chi connectivity index (χ0n) is 17.1. The van der Waals surface area contributed by atoms with Gasteiger partial charge in [-0.2, -0.15) is 21.6 Å². The molecular formula is C15H15F3N4O9S4. The van der Waals surface area contributed by atoms with Crippen molar-refractivity contribution in [3.63, 3.8) is 0 Å². The molecule has 194 valence electrons. The fraction of sp³-hybridized carbons (Fsp3) is 0.533. The van der Waals surface area contributed by atoms with Gasteiger partial charge in [0.1, 0.15) is 28.6 Å². The minimum Gasteiger partial charge on any atom is -0.477 e. The number of fused-ring (bicyclic) bond motifs is 1. The molecule has 13 nitrogen and oxygen atoms in total. The maximum Gasteiger partial charge on any atom is 0.400 e. The number of aliphatic carboxylic acids is 1. The van der Waals surface area contributed by atoms with Gasteiger partial charge in [-0.1, -0.05) is 11.8 Å². The highest BCUT2D eigenvalue weighted by atomic mass is 32.2. The zero-order chi connectivity index (χ0) is 26.1. The van der Waals surface area contributed by atoms with Crippen LogP contribution in [-0.4, -0.2) is 95.8 Å². The van der Waals surface area contributed by atoms with Gasteiger partial charge in [-0.25, -0.2) is 4.79 Å². The Balaban J connectivity index is 1.63. The fourth-order valence-corrected chi connectivity index (χ4v) is 6.59. The summed E-state index contributed by atoms with van der Waals surface area (Å²) in [5, 5.41) is 17.9. The molecule has 1 aromatic rings. The number of carboxylic acid groups (broad SMARTS) is 1. The van der Waals surface area contributed by atoms with Crippen molar-refractivity contribution in [2.45, 2.75) is 28.6 Å². The Morgan fingerprint density at radius 2 is 2.03 bits per heavy atom. The van der Waals surface area contributed by atoms with Gasteiger partial charge < -0.3 is 14.8 Å². The van der Waals surface area contributed by atoms with E-state index in [-0.39, 0.29) is 33.9 Å². The van der Waals surface area contributed by atoms with Crippen LogP contribution in [0.4, 0.5) is 13.2 Å². The molecule has 2 unspecified atom stereocenters. The summed E-state index contributed by atoms with van der Waals surface area (Å²) in [6, 6.07) is -1.20. The molecule has 2 aliphatic heterocycles. The van der Waals surface area contributed by atoms with Gasteiger partial charge in [-0.15, -0.1) is 22.0 Å². The lowest BCUT2D eigenvalue weighted by Gasteiger charge is -2.49. The van der Waals surface area contributed by atoms with Crippen LogP contribution in [0.25, 0.3) is 0 Å². The smallest absolute Gasteiger partial charge is 0.400 e. The van der Waals surface area contributed by atoms with Gasteiger partial charge in [0, 0.05) is 22.3 Å². The Kier molecular flexibility index (Phi) is 8.19. The molecule has 0 saturated carbocycles. The fourth-order valence-electron chi connectivity index (χ4n) is 3.05. The number of carbonyl (C=O) groups excluding carboxylic acids is 2. The van der Waals surface area contributed by atoms with E-state index in [4.69, 9.17) is 8.97 Å². The van der Waals surface area contributed by atoms with E-state index in [0.717, 1.165) is 28.4 Å². The predicted octanol–water partition coefficient (Wildman–Crippen LogP) is -0.401. The number of hydrogen-bond acceptors (Lipinski definition) is 11. The topological polar surface area (TPSA) is 197 Å². The largest absolute Gasteiger partial charge is 0.477 e. The number of aromatic nitrogens is 2. The summed E-state index contributed by atoms with van der Waals surface area (Å²) in [5.41, 5.74) is -0.0715. The maximum atomic E-state index is 12.5. The number of carbonyl (C=O) groups is 3. The molecule has 3 rings (SSSR count). The third kappa shape index (κ3) is 7.18. The van der Waals surface area contributed by atoms with Gasteiger partial charge in [-0.05, 0) is 5.57 Å². The highest BCUT2D eigenvalue weighted by Crippen LogP contribution is 2.41. The number of amides is 2. The number of nitrogens with one attached hydrogen (secondary N) is 1. The Bertz CT molecular complexity index is 1200. The van der Waals surface area contributed by atoms with E-state index in [1.165, 1.54) is 0 Å². The molecule has 0 aliphatic carbocycles. The lowest BCUT2D eigenvalue weighted by atomic mass is 10.0. The van der Waals surface area contributed by atoms with Gasteiger partial charge in [0.05, 0.1) is 0 Å². The van der Waals surface area contributed by atoms with E-state index in [2.05, 4.69) is 15.5 Å². The Morgan fingerprint density at radius 3 is 2.63 bits per heavy atom. The molecule has 3 N–H and O–H groups in total. The molecule has 1 fully saturated rings. The summed E-state index contributed by atoms with van der Waals surface area (Å²) in [6.07, 6.45) is -4.72. The second-order valence-corrected chi connectivity index (χ2v) is 12.0. The van der Waals surface area contributed by atoms with Crippen LogP contribution in [0, 0.1) is 0 Å². The average Bonchev–Trinajstić information content (AvgIpc) is 3.13. The molecule has 0 spiro atoms. The highest BCUT2D eigenvalue weighted by molar-refractivity contribution is 8.01. The minimum absolute atomic E-state index is 0.0356. The monoisotopic (exact) mass is 580 g/mol. The number of hydrogen-bond donors (Lipinski definition) is 3. The van der Waals surface area contributed by atoms with Gasteiger partial charge in [-0.3, -0.25) is 23.3 Å². The molecule has 1 aromatic heterocycles. The highest BCUT2D eigenvalue weighted by Gasteiger charge is 2.54. The van der Waals surface area contributed by atoms with Gasteiger partial charge in [0.2, 0.25) is 11.8 Å². The van der Waals surface area contributed by atoms with Gasteiger partial charge in [0.25, 0.3) is 21.2 Å². The summed E-state index contributed by atoms with van der Waals surface area (Å²) in [4.78, 5) is 37.2. The van der Waals surface area contributed by atoms with Crippen molar-refractivity contribution in [2.75, 3.05) is 23.0 Å². The van der Waals surface area contributed by atoms with Crippen LogP contribution in [0.2, 0.25) is 0 Å². The standard InChI is InChI=1S/C15H15F3N4O9S4/c16-15(17,18)5-34(27)3-7(23)19-9-11(24)22-10(13(25)26)6(1-32-12(9)22)2-33-14-21-20-8(31-14)4-35(28,29)30/h9,12H,1-5H2,(H,19,23)(H,25,26)(H,28,29,30)/t9?,12-,34?/m0/s1. The molecule has 20 heteroatoms. The lowest BCUT2D eigenvalue weighted by Crippen LogP contribution is -2.70. The molecule has 3 atom stereocenters. The summed E-state index contributed by atoms with van der Waals surface area (Å²) < 4.78 is 83.8. The molecule has 35 heavy (non-hydrogen) atoms. The van der Waals surface area contributed by atoms with Gasteiger partial charge >= 0.3 is 12.1 Å². The van der Waals surface area contributed by atoms with Crippen molar-refractivity contribution in [3.8, 4) is 0 Å². The molecule has 2 amide bonds. The van der Waals surface area contributed by atoms with E-state index >= 15 is 0 Å². The van der Waals surface area contributed by atoms with E-state index in [1.807, 2.05) is 0 Å². The van der Waals surface area contributed by atoms with Crippen molar-refractivity contribution in [2.24, 2.45) is 0 Å². The van der Waals surface area contributed by atoms with E-state index < -0.39 is 73.6 Å². The number of halogens is 3. The van der Waals surface area contributed by atoms with E-state index in [0.29, 0.717) is 0 Å². The second-order valence-electron chi connectivity index (χ2n) is 7.03. The number of β-lactam (4-membered cyclic amide) rings is 1. The zero-order valence-corrected chi connectivity index (χ0v) is 20.3. The van der Waals surface area contributed by atoms with Gasteiger partial charge in [0.15, 0.2) is 5.75 Å². The normalized spacial score (nSPS) is 21.4. The first-order chi connectivity index (χ1) is 16.1. The first-order valence-corrected chi connectivity index (χ1v) is 14.3. The third-order valence-electron chi connectivity index (χ3n) is 4.31. The van der Waals surface area contributed by atoms with E-state index in [9.17, 15) is 45.3 Å². The van der Waals surface area contributed by atoms with Crippen LogP contribution >= 0.6 is 23.5 Å². The number of thioether (sulfide) groups is 2. The van der Waals surface area contributed by atoms with Crippen molar-refractivity contribution in [1.29, 1.82) is 0 Å². The Labute approximate surface area is 205 Å². The second kappa shape index (κ2) is 10.4. The minimum atomic E-state index is -4.72. The lowest BCUT2D eigenvalue weighted by molar-refractivity contribution is -0.150. The third-order valence-corrected chi connectivity index (χ3v) is 8.40. The number of alkyl halides is 3. The van der Waals surface area contributed by atoms with Crippen LogP contribution in [0.3, 0.4) is 0 Å². The molecule has 0 bridgehead atoms. The SMILES string of the molecule is O=C(CS(=O)CC(F)(F)F)NC1C(=O)N2C(C(=O)O)=C(CSc3nnc(CS(=O)(=O)O)o3)CS[C@@H]12. The maximum absolute atomic E-state index is 12.5. The molecule has 0 aromatic carbocycles. The first kappa shape index (κ1) is 27.4. The number of nitrogens with zero attached hydrogens (tertiary/aromatic N) is 3. The van der Waals surface area contributed by atoms with Crippen LogP contribution in [0.15, 0.2) is 20.9 Å². The summed E-state index contributed by atoms with van der Waals surface area (Å²) in [5.74, 6) is -7.13. The molecule has 1 saturated heterocycles. The Morgan fingerprint density at radius 1 is 1.34 bits per heavy atom. The van der Waals surface area contributed by atoms with Crippen molar-refractivity contribution in [1.82, 2.24) is 20.4 Å². The summed E-state index contributed by atoms with van der Waals surface area (Å²) >= 11 is 1.96. The predicted molar refractivity (Wildman–Crippen MR) is 114 cm³/mol. The van der Waals surface area contributed by atoms with Crippen LogP contribution in [0.5, 0.6) is 0 Å². The van der Waals surface area contributed by atoms with Crippen LogP contribution < -0.4 is 5.32 Å². The summed E-state index contributed by atoms with van der Waals surface area (Å²) in [6.45, 7) is 0. The first-order valence-electron chi connectivity index (χ1n) is 9.16. The van der Waals surface area contributed by atoms with Crippen molar-refractivity contribution >= 4 is 62.2 Å². The van der Waals surface area contributed by atoms with E-state index in [1.54, 1.807) is 0 Å². The quantitative estimate of drug-likeness (QED) is 0.184. The van der Waals surface area contributed by atoms with Crippen LogP contribution in [0.1, 0.15) is 5.89 Å². The number of rotatable bonds is 10. The Hall–Kier alpha value is -2.16. The number of carboxylic acids is 1. The molecule has 3 heterocycles. The van der Waals surface area contributed by atoms with Crippen LogP contribution in [-0.2, 0) is 41.1 Å². The average molecular weight is 581 g/mol. The van der Waals surface area contributed by atoms with Crippen molar-refractivity contribution < 1.29 is 54.3 Å². The molecule has 2 aliphatic rings. The van der Waals surface area contributed by atoms with Crippen molar-refractivity contribution in [3.05, 3.63) is 17.2 Å². The summed E-state index contributed by atoms with van der Waals surface area (Å²) in [7, 11) is -6.92.